The van der Waals surface area contributed by atoms with Gasteiger partial charge >= 0.3 is 0 Å². The summed E-state index contributed by atoms with van der Waals surface area (Å²) in [5, 5.41) is 0. The Labute approximate surface area is 87.5 Å². The third-order valence-corrected chi connectivity index (χ3v) is 2.34. The van der Waals surface area contributed by atoms with Crippen molar-refractivity contribution < 1.29 is 4.74 Å². The van der Waals surface area contributed by atoms with E-state index in [1.165, 1.54) is 0 Å². The summed E-state index contributed by atoms with van der Waals surface area (Å²) in [5.41, 5.74) is 0. The maximum Gasteiger partial charge on any atom is 0.228 e. The first-order valence-electron chi connectivity index (χ1n) is 4.51. The molecule has 0 fully saturated rings. The maximum absolute atomic E-state index is 5.63. The zero-order chi connectivity index (χ0) is 9.68. The summed E-state index contributed by atoms with van der Waals surface area (Å²) in [4.78, 5) is 4.13. The third-order valence-electron chi connectivity index (χ3n) is 1.73. The quantitative estimate of drug-likeness (QED) is 0.809. The van der Waals surface area contributed by atoms with E-state index < -0.39 is 0 Å². The fourth-order valence-corrected chi connectivity index (χ4v) is 1.46. The Morgan fingerprint density at radius 2 is 2.38 bits per heavy atom. The molecule has 0 aliphatic rings. The van der Waals surface area contributed by atoms with Crippen LogP contribution in [0.15, 0.2) is 22.8 Å². The van der Waals surface area contributed by atoms with E-state index in [9.17, 15) is 0 Å². The average Bonchev–Trinajstić information content (AvgIpc) is 2.09. The highest BCUT2D eigenvalue weighted by atomic mass is 79.9. The Kier molecular flexibility index (Phi) is 4.22. The molecule has 72 valence electrons. The number of hydrogen-bond donors (Lipinski definition) is 0. The molecule has 1 atom stereocenters. The lowest BCUT2D eigenvalue weighted by atomic mass is 10.2. The van der Waals surface area contributed by atoms with Crippen molar-refractivity contribution in [3.8, 4) is 5.88 Å². The lowest BCUT2D eigenvalue weighted by Crippen LogP contribution is -2.12. The second-order valence-corrected chi connectivity index (χ2v) is 3.86. The largest absolute Gasteiger partial charge is 0.474 e. The number of halogens is 1. The van der Waals surface area contributed by atoms with Gasteiger partial charge in [-0.3, -0.25) is 0 Å². The van der Waals surface area contributed by atoms with Crippen LogP contribution in [0.25, 0.3) is 0 Å². The summed E-state index contributed by atoms with van der Waals surface area (Å²) in [6.07, 6.45) is 4.16. The zero-order valence-electron chi connectivity index (χ0n) is 7.96. The Hall–Kier alpha value is -0.570. The molecule has 0 aliphatic carbocycles. The first kappa shape index (κ1) is 10.5. The first-order valence-corrected chi connectivity index (χ1v) is 5.30. The van der Waals surface area contributed by atoms with Crippen molar-refractivity contribution in [2.45, 2.75) is 32.8 Å². The average molecular weight is 244 g/mol. The number of rotatable bonds is 4. The fraction of sp³-hybridized carbons (Fsp3) is 0.500. The number of nitrogens with zero attached hydrogens (tertiary/aromatic N) is 1. The van der Waals surface area contributed by atoms with Gasteiger partial charge in [-0.2, -0.15) is 0 Å². The van der Waals surface area contributed by atoms with Gasteiger partial charge in [-0.1, -0.05) is 13.3 Å². The fourth-order valence-electron chi connectivity index (χ4n) is 1.11. The highest BCUT2D eigenvalue weighted by Gasteiger charge is 2.06. The predicted octanol–water partition coefficient (Wildman–Crippen LogP) is 3.41. The van der Waals surface area contributed by atoms with Crippen LogP contribution in [0.1, 0.15) is 26.7 Å². The minimum absolute atomic E-state index is 0.233. The number of pyridine rings is 1. The summed E-state index contributed by atoms with van der Waals surface area (Å²) >= 11 is 3.39. The molecule has 0 aliphatic heterocycles. The SMILES string of the molecule is CCCC(C)Oc1ncccc1Br. The van der Waals surface area contributed by atoms with Crippen LogP contribution in [-0.4, -0.2) is 11.1 Å². The highest BCUT2D eigenvalue weighted by molar-refractivity contribution is 9.10. The van der Waals surface area contributed by atoms with Gasteiger partial charge in [0.05, 0.1) is 10.6 Å². The normalized spacial score (nSPS) is 12.5. The lowest BCUT2D eigenvalue weighted by molar-refractivity contribution is 0.200. The molecule has 1 aromatic heterocycles. The predicted molar refractivity (Wildman–Crippen MR) is 56.9 cm³/mol. The summed E-state index contributed by atoms with van der Waals surface area (Å²) in [7, 11) is 0. The van der Waals surface area contributed by atoms with E-state index >= 15 is 0 Å². The Morgan fingerprint density at radius 1 is 1.62 bits per heavy atom. The highest BCUT2D eigenvalue weighted by Crippen LogP contribution is 2.22. The molecule has 0 saturated carbocycles. The molecule has 13 heavy (non-hydrogen) atoms. The van der Waals surface area contributed by atoms with Crippen molar-refractivity contribution in [1.82, 2.24) is 4.98 Å². The summed E-state index contributed by atoms with van der Waals surface area (Å²) in [5.74, 6) is 0.684. The summed E-state index contributed by atoms with van der Waals surface area (Å²) in [6, 6.07) is 3.81. The molecule has 0 aromatic carbocycles. The van der Waals surface area contributed by atoms with Crippen molar-refractivity contribution in [1.29, 1.82) is 0 Å². The van der Waals surface area contributed by atoms with Crippen LogP contribution in [0.4, 0.5) is 0 Å². The molecule has 0 N–H and O–H groups in total. The molecule has 0 radical (unpaired) electrons. The van der Waals surface area contributed by atoms with Gasteiger partial charge in [0.15, 0.2) is 0 Å². The van der Waals surface area contributed by atoms with Crippen LogP contribution < -0.4 is 4.74 Å². The molecule has 1 heterocycles. The van der Waals surface area contributed by atoms with Gasteiger partial charge in [-0.25, -0.2) is 4.98 Å². The second kappa shape index (κ2) is 5.22. The molecular formula is C10H14BrNO. The number of aromatic nitrogens is 1. The second-order valence-electron chi connectivity index (χ2n) is 3.01. The number of ether oxygens (including phenoxy) is 1. The summed E-state index contributed by atoms with van der Waals surface area (Å²) in [6.45, 7) is 4.21. The van der Waals surface area contributed by atoms with Crippen molar-refractivity contribution in [2.24, 2.45) is 0 Å². The lowest BCUT2D eigenvalue weighted by Gasteiger charge is -2.13. The van der Waals surface area contributed by atoms with Crippen molar-refractivity contribution in [3.63, 3.8) is 0 Å². The van der Waals surface area contributed by atoms with E-state index in [0.717, 1.165) is 17.3 Å². The maximum atomic E-state index is 5.63. The molecule has 0 amide bonds. The van der Waals surface area contributed by atoms with Crippen LogP contribution in [0, 0.1) is 0 Å². The smallest absolute Gasteiger partial charge is 0.228 e. The van der Waals surface area contributed by atoms with Crippen molar-refractivity contribution >= 4 is 15.9 Å². The topological polar surface area (TPSA) is 22.1 Å². The van der Waals surface area contributed by atoms with Gasteiger partial charge in [0.25, 0.3) is 0 Å². The van der Waals surface area contributed by atoms with Crippen molar-refractivity contribution in [2.75, 3.05) is 0 Å². The Balaban J connectivity index is 2.58. The molecule has 0 saturated heterocycles. The van der Waals surface area contributed by atoms with Crippen molar-refractivity contribution in [3.05, 3.63) is 22.8 Å². The molecular weight excluding hydrogens is 230 g/mol. The monoisotopic (exact) mass is 243 g/mol. The molecule has 0 bridgehead atoms. The summed E-state index contributed by atoms with van der Waals surface area (Å²) < 4.78 is 6.54. The van der Waals surface area contributed by atoms with Gasteiger partial charge in [-0.05, 0) is 41.4 Å². The van der Waals surface area contributed by atoms with Crippen LogP contribution in [0.3, 0.4) is 0 Å². The molecule has 1 unspecified atom stereocenters. The standard InChI is InChI=1S/C10H14BrNO/c1-3-5-8(2)13-10-9(11)6-4-7-12-10/h4,6-8H,3,5H2,1-2H3. The van der Waals surface area contributed by atoms with E-state index in [1.807, 2.05) is 12.1 Å². The van der Waals surface area contributed by atoms with E-state index in [0.29, 0.717) is 5.88 Å². The van der Waals surface area contributed by atoms with Crippen LogP contribution in [-0.2, 0) is 0 Å². The van der Waals surface area contributed by atoms with E-state index in [4.69, 9.17) is 4.74 Å². The number of hydrogen-bond acceptors (Lipinski definition) is 2. The zero-order valence-corrected chi connectivity index (χ0v) is 9.54. The van der Waals surface area contributed by atoms with E-state index in [2.05, 4.69) is 34.8 Å². The van der Waals surface area contributed by atoms with Gasteiger partial charge in [-0.15, -0.1) is 0 Å². The molecule has 0 spiro atoms. The van der Waals surface area contributed by atoms with Crippen LogP contribution >= 0.6 is 15.9 Å². The van der Waals surface area contributed by atoms with Gasteiger partial charge < -0.3 is 4.74 Å². The van der Waals surface area contributed by atoms with Crippen LogP contribution in [0.2, 0.25) is 0 Å². The first-order chi connectivity index (χ1) is 6.24. The Bertz CT molecular complexity index is 265. The van der Waals surface area contributed by atoms with E-state index in [-0.39, 0.29) is 6.10 Å². The minimum atomic E-state index is 0.233. The Morgan fingerprint density at radius 3 is 3.00 bits per heavy atom. The van der Waals surface area contributed by atoms with Crippen LogP contribution in [0.5, 0.6) is 5.88 Å². The molecule has 1 rings (SSSR count). The third kappa shape index (κ3) is 3.35. The minimum Gasteiger partial charge on any atom is -0.474 e. The molecule has 2 nitrogen and oxygen atoms in total. The van der Waals surface area contributed by atoms with E-state index in [1.54, 1.807) is 6.20 Å². The molecule has 1 aromatic rings. The van der Waals surface area contributed by atoms with Gasteiger partial charge in [0.1, 0.15) is 0 Å². The molecule has 3 heteroatoms. The van der Waals surface area contributed by atoms with Gasteiger partial charge in [0.2, 0.25) is 5.88 Å². The van der Waals surface area contributed by atoms with Gasteiger partial charge in [0, 0.05) is 6.20 Å².